The smallest absolute Gasteiger partial charge is 0.154 e. The third kappa shape index (κ3) is 1.11. The van der Waals surface area contributed by atoms with Crippen LogP contribution in [0.4, 0.5) is 0 Å². The van der Waals surface area contributed by atoms with E-state index in [9.17, 15) is 5.11 Å². The molecule has 1 heterocycles. The average Bonchev–Trinajstić information content (AvgIpc) is 2.14. The van der Waals surface area contributed by atoms with Gasteiger partial charge in [-0.2, -0.15) is 0 Å². The van der Waals surface area contributed by atoms with Crippen LogP contribution in [-0.2, 0) is 5.11 Å². The fourth-order valence-electron chi connectivity index (χ4n) is 0.391. The maximum absolute atomic E-state index is 9.99. The lowest BCUT2D eigenvalue weighted by molar-refractivity contribution is 0.0981. The first-order valence-electron chi connectivity index (χ1n) is 2.04. The predicted octanol–water partition coefficient (Wildman–Crippen LogP) is 0.852. The Hall–Kier alpha value is -0.150. The summed E-state index contributed by atoms with van der Waals surface area (Å²) in [5.74, 6) is 0.837. The first-order valence-corrected chi connectivity index (χ1v) is 3.09. The Bertz CT molecular complexity index is 83.8. The van der Waals surface area contributed by atoms with Gasteiger partial charge in [0.05, 0.1) is 5.88 Å². The van der Waals surface area contributed by atoms with E-state index in [2.05, 4.69) is 0 Å². The summed E-state index contributed by atoms with van der Waals surface area (Å²) >= 11 is 1.65. The fourth-order valence-corrected chi connectivity index (χ4v) is 1.09. The molecule has 1 rings (SSSR count). The number of hydrogen-bond acceptors (Lipinski definition) is 2. The van der Waals surface area contributed by atoms with Gasteiger partial charge in [0.1, 0.15) is 0 Å². The molecule has 2 nitrogen and oxygen atoms in total. The van der Waals surface area contributed by atoms with E-state index in [0.29, 0.717) is 0 Å². The molecule has 0 saturated carbocycles. The van der Waals surface area contributed by atoms with Crippen molar-refractivity contribution in [2.75, 3.05) is 12.6 Å². The normalized spacial score (nSPS) is 18.7. The summed E-state index contributed by atoms with van der Waals surface area (Å²) in [6.45, 7) is -0.108. The molecule has 1 aliphatic rings. The van der Waals surface area contributed by atoms with E-state index in [1.807, 2.05) is 11.6 Å². The van der Waals surface area contributed by atoms with Gasteiger partial charge in [-0.15, -0.1) is 11.8 Å². The highest BCUT2D eigenvalue weighted by Gasteiger charge is 2.00. The Morgan fingerprint density at radius 2 is 2.71 bits per heavy atom. The zero-order valence-corrected chi connectivity index (χ0v) is 4.65. The van der Waals surface area contributed by atoms with Gasteiger partial charge in [-0.25, -0.2) is 5.11 Å². The third-order valence-electron chi connectivity index (χ3n) is 0.774. The van der Waals surface area contributed by atoms with Crippen molar-refractivity contribution in [3.8, 4) is 0 Å². The Kier molecular flexibility index (Phi) is 1.59. The highest BCUT2D eigenvalue weighted by atomic mass is 32.2. The van der Waals surface area contributed by atoms with E-state index in [0.717, 1.165) is 5.88 Å². The van der Waals surface area contributed by atoms with Crippen LogP contribution >= 0.6 is 11.8 Å². The fraction of sp³-hybridized carbons (Fsp3) is 0.500. The van der Waals surface area contributed by atoms with Crippen LogP contribution in [0.2, 0.25) is 0 Å². The highest BCUT2D eigenvalue weighted by Crippen LogP contribution is 2.12. The van der Waals surface area contributed by atoms with E-state index in [1.165, 1.54) is 0 Å². The maximum Gasteiger partial charge on any atom is 0.154 e. The van der Waals surface area contributed by atoms with Crippen LogP contribution in [0.5, 0.6) is 0 Å². The van der Waals surface area contributed by atoms with Crippen molar-refractivity contribution in [3.05, 3.63) is 11.6 Å². The van der Waals surface area contributed by atoms with E-state index in [4.69, 9.17) is 0 Å². The SMILES string of the molecule is [O]CN1C=CSC1. The summed E-state index contributed by atoms with van der Waals surface area (Å²) in [5, 5.41) is 11.9. The molecule has 0 aromatic carbocycles. The molecule has 0 unspecified atom stereocenters. The van der Waals surface area contributed by atoms with Crippen LogP contribution in [-0.4, -0.2) is 17.5 Å². The molecular weight excluding hydrogens is 110 g/mol. The van der Waals surface area contributed by atoms with Gasteiger partial charge in [0.15, 0.2) is 6.73 Å². The Balaban J connectivity index is 2.28. The van der Waals surface area contributed by atoms with Gasteiger partial charge in [-0.3, -0.25) is 0 Å². The summed E-state index contributed by atoms with van der Waals surface area (Å²) in [7, 11) is 0. The van der Waals surface area contributed by atoms with Crippen LogP contribution in [0, 0.1) is 0 Å². The Morgan fingerprint density at radius 1 is 1.86 bits per heavy atom. The summed E-state index contributed by atoms with van der Waals surface area (Å²) in [4.78, 5) is 1.71. The zero-order chi connectivity index (χ0) is 5.11. The second kappa shape index (κ2) is 2.23. The van der Waals surface area contributed by atoms with Crippen LogP contribution in [0.25, 0.3) is 0 Å². The third-order valence-corrected chi connectivity index (χ3v) is 1.57. The monoisotopic (exact) mass is 116 g/mol. The van der Waals surface area contributed by atoms with Gasteiger partial charge in [-0.05, 0) is 5.41 Å². The van der Waals surface area contributed by atoms with Crippen LogP contribution in [0.15, 0.2) is 11.6 Å². The molecule has 1 radical (unpaired) electrons. The van der Waals surface area contributed by atoms with Crippen molar-refractivity contribution < 1.29 is 5.11 Å². The first-order chi connectivity index (χ1) is 3.43. The molecule has 0 aromatic heterocycles. The molecule has 1 aliphatic heterocycles. The number of hydrogen-bond donors (Lipinski definition) is 0. The summed E-state index contributed by atoms with van der Waals surface area (Å²) in [5.41, 5.74) is 0. The summed E-state index contributed by atoms with van der Waals surface area (Å²) in [6, 6.07) is 0. The van der Waals surface area contributed by atoms with Crippen molar-refractivity contribution in [2.45, 2.75) is 0 Å². The van der Waals surface area contributed by atoms with Crippen molar-refractivity contribution in [1.29, 1.82) is 0 Å². The molecule has 0 spiro atoms. The van der Waals surface area contributed by atoms with Gasteiger partial charge in [0.2, 0.25) is 0 Å². The van der Waals surface area contributed by atoms with Gasteiger partial charge >= 0.3 is 0 Å². The average molecular weight is 116 g/mol. The number of rotatable bonds is 1. The van der Waals surface area contributed by atoms with E-state index < -0.39 is 0 Å². The molecule has 0 bridgehead atoms. The van der Waals surface area contributed by atoms with E-state index >= 15 is 0 Å². The number of nitrogens with zero attached hydrogens (tertiary/aromatic N) is 1. The zero-order valence-electron chi connectivity index (χ0n) is 3.83. The summed E-state index contributed by atoms with van der Waals surface area (Å²) < 4.78 is 0. The molecule has 3 heteroatoms. The molecule has 0 aromatic rings. The topological polar surface area (TPSA) is 23.1 Å². The van der Waals surface area contributed by atoms with Crippen LogP contribution in [0.3, 0.4) is 0 Å². The first kappa shape index (κ1) is 5.00. The predicted molar refractivity (Wildman–Crippen MR) is 29.0 cm³/mol. The van der Waals surface area contributed by atoms with E-state index in [-0.39, 0.29) is 6.73 Å². The van der Waals surface area contributed by atoms with Crippen LogP contribution in [0.1, 0.15) is 0 Å². The minimum atomic E-state index is -0.108. The standard InChI is InChI=1S/C4H6NOS/c6-3-5-1-2-7-4-5/h1-2H,3-4H2. The molecule has 0 aliphatic carbocycles. The van der Waals surface area contributed by atoms with Crippen molar-refractivity contribution in [2.24, 2.45) is 0 Å². The second-order valence-corrected chi connectivity index (χ2v) is 2.16. The van der Waals surface area contributed by atoms with Crippen molar-refractivity contribution >= 4 is 11.8 Å². The van der Waals surface area contributed by atoms with Crippen molar-refractivity contribution in [3.63, 3.8) is 0 Å². The quantitative estimate of drug-likeness (QED) is 0.507. The number of thioether (sulfide) groups is 1. The Labute approximate surface area is 46.8 Å². The molecule has 0 fully saturated rings. The van der Waals surface area contributed by atoms with Gasteiger partial charge < -0.3 is 4.90 Å². The minimum Gasteiger partial charge on any atom is -0.342 e. The largest absolute Gasteiger partial charge is 0.342 e. The van der Waals surface area contributed by atoms with Gasteiger partial charge in [-0.1, -0.05) is 0 Å². The lowest BCUT2D eigenvalue weighted by Gasteiger charge is -2.05. The maximum atomic E-state index is 9.99. The van der Waals surface area contributed by atoms with Gasteiger partial charge in [0, 0.05) is 6.20 Å². The van der Waals surface area contributed by atoms with E-state index in [1.54, 1.807) is 16.7 Å². The lowest BCUT2D eigenvalue weighted by Crippen LogP contribution is -2.12. The molecule has 0 saturated heterocycles. The van der Waals surface area contributed by atoms with Crippen molar-refractivity contribution in [1.82, 2.24) is 4.90 Å². The second-order valence-electron chi connectivity index (χ2n) is 1.30. The Morgan fingerprint density at radius 3 is 3.00 bits per heavy atom. The molecule has 0 N–H and O–H groups in total. The molecular formula is C4H6NOS. The summed E-state index contributed by atoms with van der Waals surface area (Å²) in [6.07, 6.45) is 1.82. The van der Waals surface area contributed by atoms with Crippen LogP contribution < -0.4 is 0 Å². The molecule has 39 valence electrons. The molecule has 0 amide bonds. The lowest BCUT2D eigenvalue weighted by atomic mass is 10.8. The van der Waals surface area contributed by atoms with Gasteiger partial charge in [0.25, 0.3) is 0 Å². The minimum absolute atomic E-state index is 0.108. The molecule has 7 heavy (non-hydrogen) atoms. The highest BCUT2D eigenvalue weighted by molar-refractivity contribution is 8.02. The molecule has 0 atom stereocenters.